The zero-order valence-corrected chi connectivity index (χ0v) is 9.14. The SMILES string of the molecule is CC.FC(F)(F)Oc1ccc2c(c1)CC=C2. The second-order valence-electron chi connectivity index (χ2n) is 3.01. The van der Waals surface area contributed by atoms with Gasteiger partial charge in [0.25, 0.3) is 0 Å². The smallest absolute Gasteiger partial charge is 0.406 e. The highest BCUT2D eigenvalue weighted by atomic mass is 19.4. The van der Waals surface area contributed by atoms with Crippen molar-refractivity contribution in [3.8, 4) is 5.75 Å². The molecule has 0 bridgehead atoms. The number of allylic oxidation sites excluding steroid dienone is 1. The predicted octanol–water partition coefficient (Wildman–Crippen LogP) is 4.18. The van der Waals surface area contributed by atoms with Gasteiger partial charge in [-0.25, -0.2) is 0 Å². The molecule has 0 saturated heterocycles. The van der Waals surface area contributed by atoms with Crippen molar-refractivity contribution >= 4 is 6.08 Å². The predicted molar refractivity (Wildman–Crippen MR) is 57.2 cm³/mol. The molecule has 0 saturated carbocycles. The molecule has 0 amide bonds. The highest BCUT2D eigenvalue weighted by Gasteiger charge is 2.31. The number of ether oxygens (including phenoxy) is 1. The zero-order valence-electron chi connectivity index (χ0n) is 9.14. The number of rotatable bonds is 1. The fraction of sp³-hybridized carbons (Fsp3) is 0.333. The van der Waals surface area contributed by atoms with E-state index in [1.165, 1.54) is 12.1 Å². The molecule has 16 heavy (non-hydrogen) atoms. The topological polar surface area (TPSA) is 9.23 Å². The van der Waals surface area contributed by atoms with Crippen LogP contribution in [0.1, 0.15) is 25.0 Å². The molecule has 0 radical (unpaired) electrons. The van der Waals surface area contributed by atoms with Crippen LogP contribution < -0.4 is 4.74 Å². The van der Waals surface area contributed by atoms with E-state index in [0.717, 1.165) is 11.1 Å². The van der Waals surface area contributed by atoms with Gasteiger partial charge in [0.1, 0.15) is 5.75 Å². The van der Waals surface area contributed by atoms with E-state index in [0.29, 0.717) is 6.42 Å². The molecule has 0 spiro atoms. The van der Waals surface area contributed by atoms with E-state index in [2.05, 4.69) is 4.74 Å². The van der Waals surface area contributed by atoms with Gasteiger partial charge in [-0.05, 0) is 29.7 Å². The highest BCUT2D eigenvalue weighted by molar-refractivity contribution is 5.61. The van der Waals surface area contributed by atoms with Gasteiger partial charge in [0.2, 0.25) is 0 Å². The summed E-state index contributed by atoms with van der Waals surface area (Å²) in [6.07, 6.45) is -0.153. The Morgan fingerprint density at radius 2 is 1.88 bits per heavy atom. The molecule has 1 aliphatic rings. The molecule has 0 atom stereocenters. The molecule has 1 aliphatic carbocycles. The fourth-order valence-corrected chi connectivity index (χ4v) is 1.43. The van der Waals surface area contributed by atoms with Gasteiger partial charge in [0.15, 0.2) is 0 Å². The Hall–Kier alpha value is -1.45. The van der Waals surface area contributed by atoms with Crippen molar-refractivity contribution in [1.29, 1.82) is 0 Å². The molecule has 0 N–H and O–H groups in total. The minimum Gasteiger partial charge on any atom is -0.406 e. The maximum atomic E-state index is 11.9. The average molecular weight is 230 g/mol. The summed E-state index contributed by atoms with van der Waals surface area (Å²) in [6.45, 7) is 4.00. The maximum absolute atomic E-state index is 11.9. The van der Waals surface area contributed by atoms with Gasteiger partial charge >= 0.3 is 6.36 Å². The molecule has 0 aromatic heterocycles. The molecule has 1 aromatic carbocycles. The number of hydrogen-bond acceptors (Lipinski definition) is 1. The highest BCUT2D eigenvalue weighted by Crippen LogP contribution is 2.28. The third-order valence-electron chi connectivity index (χ3n) is 1.98. The maximum Gasteiger partial charge on any atom is 0.573 e. The van der Waals surface area contributed by atoms with Crippen LogP contribution in [-0.2, 0) is 6.42 Å². The Bertz CT molecular complexity index is 380. The normalized spacial score (nSPS) is 12.8. The minimum atomic E-state index is -4.61. The number of hydrogen-bond donors (Lipinski definition) is 0. The first-order valence-corrected chi connectivity index (χ1v) is 5.10. The number of halogens is 3. The van der Waals surface area contributed by atoms with Crippen LogP contribution in [0.5, 0.6) is 5.75 Å². The summed E-state index contributed by atoms with van der Waals surface area (Å²) in [5, 5.41) is 0. The van der Waals surface area contributed by atoms with Crippen LogP contribution in [0.25, 0.3) is 6.08 Å². The van der Waals surface area contributed by atoms with Crippen LogP contribution >= 0.6 is 0 Å². The molecule has 0 fully saturated rings. The van der Waals surface area contributed by atoms with E-state index in [4.69, 9.17) is 0 Å². The average Bonchev–Trinajstić information content (AvgIpc) is 2.65. The van der Waals surface area contributed by atoms with Crippen molar-refractivity contribution in [1.82, 2.24) is 0 Å². The molecule has 4 heteroatoms. The summed E-state index contributed by atoms with van der Waals surface area (Å²) in [5.74, 6) is -0.153. The lowest BCUT2D eigenvalue weighted by Gasteiger charge is -2.09. The summed E-state index contributed by atoms with van der Waals surface area (Å²) in [5.41, 5.74) is 1.83. The zero-order chi connectivity index (χ0) is 12.2. The van der Waals surface area contributed by atoms with Crippen molar-refractivity contribution in [2.45, 2.75) is 26.6 Å². The van der Waals surface area contributed by atoms with Crippen LogP contribution in [0.15, 0.2) is 24.3 Å². The second-order valence-corrected chi connectivity index (χ2v) is 3.01. The molecule has 2 rings (SSSR count). The monoisotopic (exact) mass is 230 g/mol. The summed E-state index contributed by atoms with van der Waals surface area (Å²) in [7, 11) is 0. The van der Waals surface area contributed by atoms with Crippen LogP contribution in [-0.4, -0.2) is 6.36 Å². The Morgan fingerprint density at radius 3 is 2.50 bits per heavy atom. The van der Waals surface area contributed by atoms with Gasteiger partial charge in [-0.3, -0.25) is 0 Å². The molecule has 1 nitrogen and oxygen atoms in total. The fourth-order valence-electron chi connectivity index (χ4n) is 1.43. The lowest BCUT2D eigenvalue weighted by atomic mass is 10.1. The van der Waals surface area contributed by atoms with Crippen LogP contribution in [0.3, 0.4) is 0 Å². The summed E-state index contributed by atoms with van der Waals surface area (Å²) in [6, 6.07) is 4.37. The molecule has 0 aliphatic heterocycles. The summed E-state index contributed by atoms with van der Waals surface area (Å²) < 4.78 is 39.4. The molecule has 0 unspecified atom stereocenters. The molecular formula is C12H13F3O. The van der Waals surface area contributed by atoms with E-state index < -0.39 is 6.36 Å². The van der Waals surface area contributed by atoms with Gasteiger partial charge in [-0.1, -0.05) is 32.1 Å². The standard InChI is InChI=1S/C10H7F3O.C2H6/c11-10(12,13)14-9-5-4-7-2-1-3-8(7)6-9;1-2/h1-2,4-6H,3H2;1-2H3. The quantitative estimate of drug-likeness (QED) is 0.703. The Balaban J connectivity index is 0.000000606. The van der Waals surface area contributed by atoms with Crippen molar-refractivity contribution in [2.24, 2.45) is 0 Å². The third kappa shape index (κ3) is 3.29. The van der Waals surface area contributed by atoms with Crippen molar-refractivity contribution in [3.63, 3.8) is 0 Å². The van der Waals surface area contributed by atoms with Gasteiger partial charge in [-0.2, -0.15) is 0 Å². The summed E-state index contributed by atoms with van der Waals surface area (Å²) >= 11 is 0. The first-order chi connectivity index (χ1) is 7.54. The Kier molecular flexibility index (Phi) is 3.99. The number of benzene rings is 1. The second kappa shape index (κ2) is 5.05. The Morgan fingerprint density at radius 1 is 1.19 bits per heavy atom. The molecular weight excluding hydrogens is 217 g/mol. The molecule has 88 valence electrons. The van der Waals surface area contributed by atoms with E-state index in [-0.39, 0.29) is 5.75 Å². The number of alkyl halides is 3. The largest absolute Gasteiger partial charge is 0.573 e. The van der Waals surface area contributed by atoms with Gasteiger partial charge in [0.05, 0.1) is 0 Å². The van der Waals surface area contributed by atoms with Crippen molar-refractivity contribution in [2.75, 3.05) is 0 Å². The van der Waals surface area contributed by atoms with E-state index in [1.807, 2.05) is 26.0 Å². The van der Waals surface area contributed by atoms with E-state index >= 15 is 0 Å². The van der Waals surface area contributed by atoms with Gasteiger partial charge in [0, 0.05) is 0 Å². The van der Waals surface area contributed by atoms with E-state index in [9.17, 15) is 13.2 Å². The van der Waals surface area contributed by atoms with Crippen molar-refractivity contribution < 1.29 is 17.9 Å². The van der Waals surface area contributed by atoms with Crippen LogP contribution in [0, 0.1) is 0 Å². The third-order valence-corrected chi connectivity index (χ3v) is 1.98. The Labute approximate surface area is 92.5 Å². The first kappa shape index (κ1) is 12.6. The molecule has 1 aromatic rings. The number of fused-ring (bicyclic) bond motifs is 1. The first-order valence-electron chi connectivity index (χ1n) is 5.10. The van der Waals surface area contributed by atoms with Crippen LogP contribution in [0.4, 0.5) is 13.2 Å². The summed E-state index contributed by atoms with van der Waals surface area (Å²) in [4.78, 5) is 0. The molecule has 0 heterocycles. The van der Waals surface area contributed by atoms with Crippen molar-refractivity contribution in [3.05, 3.63) is 35.4 Å². The lowest BCUT2D eigenvalue weighted by Crippen LogP contribution is -2.17. The lowest BCUT2D eigenvalue weighted by molar-refractivity contribution is -0.274. The van der Waals surface area contributed by atoms with Gasteiger partial charge < -0.3 is 4.74 Å². The van der Waals surface area contributed by atoms with Crippen LogP contribution in [0.2, 0.25) is 0 Å². The van der Waals surface area contributed by atoms with Gasteiger partial charge in [-0.15, -0.1) is 13.2 Å². The minimum absolute atomic E-state index is 0.153. The van der Waals surface area contributed by atoms with E-state index in [1.54, 1.807) is 6.07 Å².